The Bertz CT molecular complexity index is 814. The number of amides is 1. The van der Waals surface area contributed by atoms with E-state index in [1.165, 1.54) is 12.8 Å². The monoisotopic (exact) mass is 392 g/mol. The predicted molar refractivity (Wildman–Crippen MR) is 116 cm³/mol. The Morgan fingerprint density at radius 2 is 1.55 bits per heavy atom. The van der Waals surface area contributed by atoms with Gasteiger partial charge in [0.2, 0.25) is 0 Å². The molecule has 0 radical (unpaired) electrons. The van der Waals surface area contributed by atoms with Crippen molar-refractivity contribution in [1.82, 2.24) is 5.06 Å². The Morgan fingerprint density at radius 1 is 0.966 bits per heavy atom. The molecule has 2 unspecified atom stereocenters. The van der Waals surface area contributed by atoms with Gasteiger partial charge >= 0.3 is 0 Å². The zero-order valence-corrected chi connectivity index (χ0v) is 17.5. The number of hydrogen-bond donors (Lipinski definition) is 2. The number of hydroxylamine groups is 2. The Hall–Kier alpha value is -2.33. The van der Waals surface area contributed by atoms with E-state index in [-0.39, 0.29) is 17.9 Å². The molecule has 2 aliphatic carbocycles. The van der Waals surface area contributed by atoms with Crippen molar-refractivity contribution in [2.75, 3.05) is 5.32 Å². The molecule has 2 aliphatic rings. The highest BCUT2D eigenvalue weighted by atomic mass is 16.5. The number of benzene rings is 2. The second kappa shape index (κ2) is 8.19. The second-order valence-corrected chi connectivity index (χ2v) is 9.49. The second-order valence-electron chi connectivity index (χ2n) is 9.49. The summed E-state index contributed by atoms with van der Waals surface area (Å²) >= 11 is 0. The van der Waals surface area contributed by atoms with E-state index in [9.17, 15) is 10.0 Å². The summed E-state index contributed by atoms with van der Waals surface area (Å²) in [6.45, 7) is 4.74. The zero-order chi connectivity index (χ0) is 20.4. The van der Waals surface area contributed by atoms with E-state index < -0.39 is 0 Å². The molecule has 2 N–H and O–H groups in total. The van der Waals surface area contributed by atoms with Crippen LogP contribution in [0.25, 0.3) is 0 Å². The van der Waals surface area contributed by atoms with Crippen molar-refractivity contribution in [2.45, 2.75) is 52.5 Å². The van der Waals surface area contributed by atoms with Crippen LogP contribution < -0.4 is 5.32 Å². The molecule has 2 atom stereocenters. The molecule has 2 saturated carbocycles. The number of para-hydroxylation sites is 1. The zero-order valence-electron chi connectivity index (χ0n) is 17.5. The molecule has 2 bridgehead atoms. The first-order valence-corrected chi connectivity index (χ1v) is 10.9. The number of carbonyl (C=O) groups excluding carboxylic acids is 1. The number of carbonyl (C=O) groups is 1. The van der Waals surface area contributed by atoms with E-state index in [0.717, 1.165) is 41.3 Å². The molecular weight excluding hydrogens is 360 g/mol. The van der Waals surface area contributed by atoms with Gasteiger partial charge < -0.3 is 5.32 Å². The van der Waals surface area contributed by atoms with Crippen LogP contribution in [0.4, 0.5) is 11.4 Å². The first kappa shape index (κ1) is 20.0. The van der Waals surface area contributed by atoms with E-state index >= 15 is 0 Å². The molecule has 2 fully saturated rings. The minimum atomic E-state index is -0.371. The van der Waals surface area contributed by atoms with E-state index in [2.05, 4.69) is 19.2 Å². The van der Waals surface area contributed by atoms with Crippen molar-refractivity contribution in [1.29, 1.82) is 0 Å². The molecule has 2 aromatic rings. The summed E-state index contributed by atoms with van der Waals surface area (Å²) in [6.07, 6.45) is 5.20. The van der Waals surface area contributed by atoms with Crippen LogP contribution in [0.5, 0.6) is 0 Å². The molecule has 154 valence electrons. The molecule has 29 heavy (non-hydrogen) atoms. The van der Waals surface area contributed by atoms with E-state index in [4.69, 9.17) is 0 Å². The Morgan fingerprint density at radius 3 is 2.17 bits per heavy atom. The normalized spacial score (nSPS) is 28.6. The van der Waals surface area contributed by atoms with Gasteiger partial charge in [0, 0.05) is 11.4 Å². The molecule has 0 heterocycles. The number of hydrogen-bond acceptors (Lipinski definition) is 3. The average molecular weight is 393 g/mol. The highest BCUT2D eigenvalue weighted by Gasteiger charge is 2.50. The number of anilines is 2. The fourth-order valence-corrected chi connectivity index (χ4v) is 5.87. The maximum absolute atomic E-state index is 13.3. The van der Waals surface area contributed by atoms with Crippen LogP contribution in [0, 0.1) is 23.2 Å². The number of fused-ring (bicyclic) bond motifs is 2. The first-order chi connectivity index (χ1) is 13.9. The van der Waals surface area contributed by atoms with Crippen molar-refractivity contribution in [3.8, 4) is 0 Å². The fraction of sp³-hybridized carbons (Fsp3) is 0.480. The van der Waals surface area contributed by atoms with Gasteiger partial charge in [-0.1, -0.05) is 44.2 Å². The predicted octanol–water partition coefficient (Wildman–Crippen LogP) is 6.00. The molecule has 1 amide bonds. The lowest BCUT2D eigenvalue weighted by Crippen LogP contribution is -2.49. The van der Waals surface area contributed by atoms with Crippen LogP contribution >= 0.6 is 0 Å². The van der Waals surface area contributed by atoms with Gasteiger partial charge in [-0.05, 0) is 79.7 Å². The number of rotatable bonds is 5. The topological polar surface area (TPSA) is 52.6 Å². The Labute approximate surface area is 173 Å². The highest BCUT2D eigenvalue weighted by molar-refractivity contribution is 5.82. The van der Waals surface area contributed by atoms with Gasteiger partial charge in [0.05, 0.1) is 12.0 Å². The van der Waals surface area contributed by atoms with Crippen molar-refractivity contribution < 1.29 is 10.0 Å². The van der Waals surface area contributed by atoms with Gasteiger partial charge in [0.15, 0.2) is 0 Å². The number of nitrogens with zero attached hydrogens (tertiary/aromatic N) is 1. The summed E-state index contributed by atoms with van der Waals surface area (Å²) in [5.74, 6) is 1.67. The van der Waals surface area contributed by atoms with Gasteiger partial charge in [0.25, 0.3) is 5.91 Å². The van der Waals surface area contributed by atoms with Crippen LogP contribution in [0.3, 0.4) is 0 Å². The summed E-state index contributed by atoms with van der Waals surface area (Å²) in [4.78, 5) is 13.3. The van der Waals surface area contributed by atoms with Crippen molar-refractivity contribution in [2.24, 2.45) is 23.2 Å². The molecule has 0 aliphatic heterocycles. The fourth-order valence-electron chi connectivity index (χ4n) is 5.87. The third-order valence-corrected chi connectivity index (χ3v) is 6.67. The SMILES string of the molecule is CC1CC2CC(C)CC(C(=O)N(O)Cc3ccc(Nc4ccccc4)cc3)(C1)C2. The highest BCUT2D eigenvalue weighted by Crippen LogP contribution is 2.53. The quantitative estimate of drug-likeness (QED) is 0.485. The van der Waals surface area contributed by atoms with Gasteiger partial charge in [-0.2, -0.15) is 0 Å². The Kier molecular flexibility index (Phi) is 5.64. The molecule has 0 saturated heterocycles. The van der Waals surface area contributed by atoms with E-state index in [1.54, 1.807) is 0 Å². The van der Waals surface area contributed by atoms with E-state index in [1.807, 2.05) is 54.6 Å². The van der Waals surface area contributed by atoms with Gasteiger partial charge in [-0.3, -0.25) is 10.0 Å². The lowest BCUT2D eigenvalue weighted by molar-refractivity contribution is -0.188. The van der Waals surface area contributed by atoms with Crippen LogP contribution in [-0.2, 0) is 11.3 Å². The maximum atomic E-state index is 13.3. The van der Waals surface area contributed by atoms with Gasteiger partial charge in [-0.15, -0.1) is 0 Å². The average Bonchev–Trinajstić information content (AvgIpc) is 2.68. The summed E-state index contributed by atoms with van der Waals surface area (Å²) in [5.41, 5.74) is 2.58. The minimum Gasteiger partial charge on any atom is -0.356 e. The van der Waals surface area contributed by atoms with Crippen LogP contribution in [0.1, 0.15) is 51.5 Å². The standard InChI is InChI=1S/C25H32N2O2/c1-18-12-21-13-19(2)15-25(14-18,16-21)24(28)27(29)17-20-8-10-23(11-9-20)26-22-6-4-3-5-7-22/h3-11,18-19,21,26,29H,12-17H2,1-2H3. The lowest BCUT2D eigenvalue weighted by atomic mass is 9.56. The van der Waals surface area contributed by atoms with E-state index in [0.29, 0.717) is 17.8 Å². The molecule has 2 aromatic carbocycles. The summed E-state index contributed by atoms with van der Waals surface area (Å²) in [5, 5.41) is 15.0. The maximum Gasteiger partial charge on any atom is 0.252 e. The minimum absolute atomic E-state index is 0.0768. The molecular formula is C25H32N2O2. The largest absolute Gasteiger partial charge is 0.356 e. The smallest absolute Gasteiger partial charge is 0.252 e. The lowest BCUT2D eigenvalue weighted by Gasteiger charge is -2.49. The molecule has 0 aromatic heterocycles. The van der Waals surface area contributed by atoms with Crippen LogP contribution in [0.2, 0.25) is 0 Å². The summed E-state index contributed by atoms with van der Waals surface area (Å²) in [6, 6.07) is 17.9. The van der Waals surface area contributed by atoms with Gasteiger partial charge in [-0.25, -0.2) is 5.06 Å². The van der Waals surface area contributed by atoms with Crippen molar-refractivity contribution >= 4 is 17.3 Å². The first-order valence-electron chi connectivity index (χ1n) is 10.9. The summed E-state index contributed by atoms with van der Waals surface area (Å²) < 4.78 is 0. The van der Waals surface area contributed by atoms with Crippen LogP contribution in [-0.4, -0.2) is 16.2 Å². The number of nitrogens with one attached hydrogen (secondary N) is 1. The van der Waals surface area contributed by atoms with Crippen molar-refractivity contribution in [3.63, 3.8) is 0 Å². The van der Waals surface area contributed by atoms with Gasteiger partial charge in [0.1, 0.15) is 0 Å². The van der Waals surface area contributed by atoms with Crippen LogP contribution in [0.15, 0.2) is 54.6 Å². The Balaban J connectivity index is 1.42. The third kappa shape index (κ3) is 4.48. The molecule has 0 spiro atoms. The molecule has 4 heteroatoms. The molecule has 4 nitrogen and oxygen atoms in total. The van der Waals surface area contributed by atoms with Crippen molar-refractivity contribution in [3.05, 3.63) is 60.2 Å². The summed E-state index contributed by atoms with van der Waals surface area (Å²) in [7, 11) is 0. The molecule has 4 rings (SSSR count). The third-order valence-electron chi connectivity index (χ3n) is 6.67.